The highest BCUT2D eigenvalue weighted by Crippen LogP contribution is 2.32. The average molecular weight is 384 g/mol. The molecule has 27 heavy (non-hydrogen) atoms. The van der Waals surface area contributed by atoms with E-state index in [9.17, 15) is 4.79 Å². The minimum atomic E-state index is 0.0247. The van der Waals surface area contributed by atoms with Gasteiger partial charge in [-0.25, -0.2) is 4.98 Å². The van der Waals surface area contributed by atoms with Gasteiger partial charge in [-0.1, -0.05) is 17.8 Å². The summed E-state index contributed by atoms with van der Waals surface area (Å²) >= 11 is 1.55. The Morgan fingerprint density at radius 2 is 1.93 bits per heavy atom. The third kappa shape index (κ3) is 3.96. The Labute approximate surface area is 164 Å². The zero-order valence-corrected chi connectivity index (χ0v) is 16.5. The van der Waals surface area contributed by atoms with Crippen molar-refractivity contribution >= 4 is 17.7 Å². The van der Waals surface area contributed by atoms with Crippen LogP contribution >= 0.6 is 11.8 Å². The van der Waals surface area contributed by atoms with Crippen LogP contribution in [-0.2, 0) is 0 Å². The van der Waals surface area contributed by atoms with Crippen molar-refractivity contribution in [2.45, 2.75) is 41.8 Å². The summed E-state index contributed by atoms with van der Waals surface area (Å²) in [4.78, 5) is 20.7. The molecule has 0 unspecified atom stereocenters. The number of amides is 1. The molecule has 1 N–H and O–H groups in total. The normalized spacial score (nSPS) is 26.6. The molecule has 2 aromatic rings. The summed E-state index contributed by atoms with van der Waals surface area (Å²) in [7, 11) is 1.61. The van der Waals surface area contributed by atoms with Gasteiger partial charge in [-0.3, -0.25) is 9.69 Å². The molecule has 2 bridgehead atoms. The molecule has 5 nitrogen and oxygen atoms in total. The SMILES string of the molecule is COc1cccc(Sc2ccc(C(=O)N[C@@H]3C4CCN(CC4)[C@H]3C)cc2)n1. The van der Waals surface area contributed by atoms with Crippen LogP contribution in [0.25, 0.3) is 0 Å². The highest BCUT2D eigenvalue weighted by atomic mass is 32.2. The van der Waals surface area contributed by atoms with E-state index in [2.05, 4.69) is 22.1 Å². The monoisotopic (exact) mass is 383 g/mol. The average Bonchev–Trinajstić information content (AvgIpc) is 2.71. The number of hydrogen-bond donors (Lipinski definition) is 1. The largest absolute Gasteiger partial charge is 0.481 e. The number of fused-ring (bicyclic) bond motifs is 3. The van der Waals surface area contributed by atoms with Crippen molar-refractivity contribution in [1.82, 2.24) is 15.2 Å². The molecule has 2 atom stereocenters. The quantitative estimate of drug-likeness (QED) is 0.857. The van der Waals surface area contributed by atoms with Crippen molar-refractivity contribution in [2.75, 3.05) is 20.2 Å². The molecule has 0 saturated carbocycles. The maximum absolute atomic E-state index is 12.7. The lowest BCUT2D eigenvalue weighted by Crippen LogP contribution is -2.62. The second-order valence-electron chi connectivity index (χ2n) is 7.26. The van der Waals surface area contributed by atoms with Gasteiger partial charge < -0.3 is 10.1 Å². The molecule has 4 heterocycles. The van der Waals surface area contributed by atoms with E-state index in [0.717, 1.165) is 9.92 Å². The number of carbonyl (C=O) groups is 1. The molecule has 1 aromatic carbocycles. The second-order valence-corrected chi connectivity index (χ2v) is 8.35. The van der Waals surface area contributed by atoms with Crippen LogP contribution in [0.1, 0.15) is 30.1 Å². The fourth-order valence-electron chi connectivity index (χ4n) is 4.14. The Kier molecular flexibility index (Phi) is 5.36. The number of rotatable bonds is 5. The highest BCUT2D eigenvalue weighted by molar-refractivity contribution is 7.99. The second kappa shape index (κ2) is 7.90. The van der Waals surface area contributed by atoms with Gasteiger partial charge in [-0.15, -0.1) is 0 Å². The Hall–Kier alpha value is -2.05. The topological polar surface area (TPSA) is 54.5 Å². The van der Waals surface area contributed by atoms with Gasteiger partial charge >= 0.3 is 0 Å². The lowest BCUT2D eigenvalue weighted by atomic mass is 9.79. The van der Waals surface area contributed by atoms with Crippen molar-refractivity contribution in [2.24, 2.45) is 5.92 Å². The Morgan fingerprint density at radius 3 is 2.59 bits per heavy atom. The van der Waals surface area contributed by atoms with E-state index in [1.165, 1.54) is 25.9 Å². The standard InChI is InChI=1S/C21H25N3O2S/c1-14-20(15-10-12-24(14)13-11-15)23-21(25)16-6-8-17(9-7-16)27-19-5-3-4-18(22-19)26-2/h3-9,14-15,20H,10-13H2,1-2H3,(H,23,25)/t14-,20-/m0/s1. The molecule has 1 amide bonds. The molecule has 0 spiro atoms. The van der Waals surface area contributed by atoms with Gasteiger partial charge in [0.2, 0.25) is 5.88 Å². The molecule has 0 radical (unpaired) electrons. The first-order chi connectivity index (χ1) is 13.1. The number of hydrogen-bond acceptors (Lipinski definition) is 5. The zero-order valence-electron chi connectivity index (χ0n) is 15.7. The number of nitrogens with zero attached hydrogens (tertiary/aromatic N) is 2. The van der Waals surface area contributed by atoms with Crippen LogP contribution in [0.2, 0.25) is 0 Å². The summed E-state index contributed by atoms with van der Waals surface area (Å²) in [6.07, 6.45) is 2.39. The van der Waals surface area contributed by atoms with Crippen molar-refractivity contribution < 1.29 is 9.53 Å². The third-order valence-electron chi connectivity index (χ3n) is 5.72. The first kappa shape index (κ1) is 18.3. The molecule has 0 aliphatic carbocycles. The van der Waals surface area contributed by atoms with Gasteiger partial charge in [0.15, 0.2) is 0 Å². The van der Waals surface area contributed by atoms with E-state index in [0.29, 0.717) is 23.4 Å². The van der Waals surface area contributed by atoms with Crippen LogP contribution in [-0.4, -0.2) is 48.1 Å². The number of methoxy groups -OCH3 is 1. The van der Waals surface area contributed by atoms with Crippen molar-refractivity contribution in [1.29, 1.82) is 0 Å². The number of benzene rings is 1. The van der Waals surface area contributed by atoms with Gasteiger partial charge in [0.1, 0.15) is 5.03 Å². The summed E-state index contributed by atoms with van der Waals surface area (Å²) in [6.45, 7) is 4.57. The fourth-order valence-corrected chi connectivity index (χ4v) is 4.94. The molecule has 3 saturated heterocycles. The molecular formula is C21H25N3O2S. The molecule has 5 rings (SSSR count). The molecule has 142 valence electrons. The first-order valence-corrected chi connectivity index (χ1v) is 10.3. The third-order valence-corrected chi connectivity index (χ3v) is 6.67. The van der Waals surface area contributed by atoms with Crippen molar-refractivity contribution in [3.63, 3.8) is 0 Å². The van der Waals surface area contributed by atoms with E-state index in [1.807, 2.05) is 42.5 Å². The number of carbonyl (C=O) groups excluding carboxylic acids is 1. The van der Waals surface area contributed by atoms with Gasteiger partial charge in [0, 0.05) is 28.6 Å². The number of pyridine rings is 1. The van der Waals surface area contributed by atoms with Gasteiger partial charge in [0.05, 0.1) is 7.11 Å². The van der Waals surface area contributed by atoms with Crippen LogP contribution in [0.5, 0.6) is 5.88 Å². The predicted molar refractivity (Wildman–Crippen MR) is 106 cm³/mol. The fraction of sp³-hybridized carbons (Fsp3) is 0.429. The maximum Gasteiger partial charge on any atom is 0.251 e. The van der Waals surface area contributed by atoms with E-state index in [1.54, 1.807) is 18.9 Å². The number of aromatic nitrogens is 1. The molecule has 6 heteroatoms. The molecule has 1 aromatic heterocycles. The van der Waals surface area contributed by atoms with Gasteiger partial charge in [0.25, 0.3) is 5.91 Å². The lowest BCUT2D eigenvalue weighted by molar-refractivity contribution is 0.0217. The molecule has 3 aliphatic heterocycles. The van der Waals surface area contributed by atoms with Gasteiger partial charge in [-0.05, 0) is 69.1 Å². The van der Waals surface area contributed by atoms with Crippen LogP contribution < -0.4 is 10.1 Å². The minimum Gasteiger partial charge on any atom is -0.481 e. The van der Waals surface area contributed by atoms with E-state index >= 15 is 0 Å². The van der Waals surface area contributed by atoms with Crippen molar-refractivity contribution in [3.8, 4) is 5.88 Å². The number of ether oxygens (including phenoxy) is 1. The number of nitrogens with one attached hydrogen (secondary N) is 1. The van der Waals surface area contributed by atoms with Gasteiger partial charge in [-0.2, -0.15) is 0 Å². The Balaban J connectivity index is 1.40. The maximum atomic E-state index is 12.7. The summed E-state index contributed by atoms with van der Waals surface area (Å²) in [5.41, 5.74) is 0.710. The van der Waals surface area contributed by atoms with Crippen LogP contribution in [0.15, 0.2) is 52.4 Å². The Morgan fingerprint density at radius 1 is 1.19 bits per heavy atom. The summed E-state index contributed by atoms with van der Waals surface area (Å²) in [5.74, 6) is 1.24. The highest BCUT2D eigenvalue weighted by Gasteiger charge is 2.40. The summed E-state index contributed by atoms with van der Waals surface area (Å²) in [5, 5.41) is 4.15. The predicted octanol–water partition coefficient (Wildman–Crippen LogP) is 3.45. The molecular weight excluding hydrogens is 358 g/mol. The van der Waals surface area contributed by atoms with Crippen molar-refractivity contribution in [3.05, 3.63) is 48.0 Å². The van der Waals surface area contributed by atoms with Crippen LogP contribution in [0.4, 0.5) is 0 Å². The minimum absolute atomic E-state index is 0.0247. The van der Waals surface area contributed by atoms with Crippen LogP contribution in [0.3, 0.4) is 0 Å². The van der Waals surface area contributed by atoms with E-state index in [4.69, 9.17) is 4.74 Å². The zero-order chi connectivity index (χ0) is 18.8. The number of piperidine rings is 3. The van der Waals surface area contributed by atoms with E-state index in [-0.39, 0.29) is 11.9 Å². The Bertz CT molecular complexity index is 801. The molecule has 3 aliphatic rings. The summed E-state index contributed by atoms with van der Waals surface area (Å²) in [6, 6.07) is 14.1. The van der Waals surface area contributed by atoms with E-state index < -0.39 is 0 Å². The van der Waals surface area contributed by atoms with Crippen LogP contribution in [0, 0.1) is 5.92 Å². The summed E-state index contributed by atoms with van der Waals surface area (Å²) < 4.78 is 5.16. The lowest BCUT2D eigenvalue weighted by Gasteiger charge is -2.49. The molecule has 3 fully saturated rings. The first-order valence-electron chi connectivity index (χ1n) is 9.48. The smallest absolute Gasteiger partial charge is 0.251 e.